The van der Waals surface area contributed by atoms with Crippen LogP contribution in [0.1, 0.15) is 12.8 Å². The summed E-state index contributed by atoms with van der Waals surface area (Å²) in [6.45, 7) is 1.84. The molecule has 0 bridgehead atoms. The lowest BCUT2D eigenvalue weighted by Crippen LogP contribution is -2.33. The largest absolute Gasteiger partial charge is 0.385 e. The lowest BCUT2D eigenvalue weighted by molar-refractivity contribution is -0.123. The first kappa shape index (κ1) is 15.5. The number of amides is 1. The quantitative estimate of drug-likeness (QED) is 0.581. The van der Waals surface area contributed by atoms with Gasteiger partial charge in [0.2, 0.25) is 5.91 Å². The van der Waals surface area contributed by atoms with Crippen LogP contribution in [0.2, 0.25) is 0 Å². The first-order valence-corrected chi connectivity index (χ1v) is 6.54. The van der Waals surface area contributed by atoms with Gasteiger partial charge in [-0.15, -0.1) is 0 Å². The third-order valence-electron chi connectivity index (χ3n) is 2.79. The zero-order chi connectivity index (χ0) is 13.9. The van der Waals surface area contributed by atoms with Gasteiger partial charge in [-0.2, -0.15) is 0 Å². The van der Waals surface area contributed by atoms with Crippen molar-refractivity contribution in [2.75, 3.05) is 32.1 Å². The highest BCUT2D eigenvalue weighted by molar-refractivity contribution is 5.76. The summed E-state index contributed by atoms with van der Waals surface area (Å²) in [5, 5.41) is 6.14. The number of rotatable bonds is 9. The molecule has 0 saturated carbocycles. The molecule has 0 spiro atoms. The second-order valence-corrected chi connectivity index (χ2v) is 4.29. The zero-order valence-corrected chi connectivity index (χ0v) is 11.4. The van der Waals surface area contributed by atoms with Gasteiger partial charge < -0.3 is 21.1 Å². The maximum atomic E-state index is 11.5. The Morgan fingerprint density at radius 3 is 2.68 bits per heavy atom. The summed E-state index contributed by atoms with van der Waals surface area (Å²) in [6, 6.07) is 9.99. The number of carbonyl (C=O) groups is 1. The lowest BCUT2D eigenvalue weighted by Gasteiger charge is -2.12. The van der Waals surface area contributed by atoms with Crippen LogP contribution in [0.3, 0.4) is 0 Å². The van der Waals surface area contributed by atoms with Gasteiger partial charge in [-0.05, 0) is 18.6 Å². The summed E-state index contributed by atoms with van der Waals surface area (Å²) >= 11 is 0. The molecule has 0 heterocycles. The van der Waals surface area contributed by atoms with Crippen molar-refractivity contribution in [2.45, 2.75) is 18.9 Å². The number of nitrogens with one attached hydrogen (secondary N) is 2. The van der Waals surface area contributed by atoms with Gasteiger partial charge in [-0.1, -0.05) is 18.2 Å². The molecule has 19 heavy (non-hydrogen) atoms. The lowest BCUT2D eigenvalue weighted by atomic mass is 10.2. The number of hydrogen-bond donors (Lipinski definition) is 3. The van der Waals surface area contributed by atoms with Crippen LogP contribution in [-0.2, 0) is 9.53 Å². The summed E-state index contributed by atoms with van der Waals surface area (Å²) in [6.07, 6.45) is 1.00. The van der Waals surface area contributed by atoms with Crippen molar-refractivity contribution in [2.24, 2.45) is 5.73 Å². The van der Waals surface area contributed by atoms with Crippen LogP contribution in [0.15, 0.2) is 30.3 Å². The summed E-state index contributed by atoms with van der Waals surface area (Å²) in [4.78, 5) is 11.5. The highest BCUT2D eigenvalue weighted by atomic mass is 16.5. The van der Waals surface area contributed by atoms with E-state index in [2.05, 4.69) is 10.6 Å². The van der Waals surface area contributed by atoms with Gasteiger partial charge in [0.15, 0.2) is 0 Å². The SMILES string of the molecule is COC(CN)CC(=O)NCCCNc1ccccc1. The smallest absolute Gasteiger partial charge is 0.222 e. The van der Waals surface area contributed by atoms with Gasteiger partial charge >= 0.3 is 0 Å². The van der Waals surface area contributed by atoms with Gasteiger partial charge in [-0.3, -0.25) is 4.79 Å². The van der Waals surface area contributed by atoms with Crippen molar-refractivity contribution < 1.29 is 9.53 Å². The molecule has 5 heteroatoms. The Hall–Kier alpha value is -1.59. The summed E-state index contributed by atoms with van der Waals surface area (Å²) in [5.74, 6) is -0.0167. The molecule has 0 saturated heterocycles. The van der Waals surface area contributed by atoms with E-state index in [4.69, 9.17) is 10.5 Å². The monoisotopic (exact) mass is 265 g/mol. The number of methoxy groups -OCH3 is 1. The third kappa shape index (κ3) is 6.79. The van der Waals surface area contributed by atoms with E-state index in [0.717, 1.165) is 18.7 Å². The fourth-order valence-electron chi connectivity index (χ4n) is 1.65. The van der Waals surface area contributed by atoms with Gasteiger partial charge in [0.1, 0.15) is 0 Å². The first-order valence-electron chi connectivity index (χ1n) is 6.54. The molecule has 106 valence electrons. The van der Waals surface area contributed by atoms with Gasteiger partial charge in [0.05, 0.1) is 12.5 Å². The van der Waals surface area contributed by atoms with Crippen molar-refractivity contribution in [3.8, 4) is 0 Å². The Morgan fingerprint density at radius 1 is 1.32 bits per heavy atom. The topological polar surface area (TPSA) is 76.4 Å². The van der Waals surface area contributed by atoms with E-state index in [0.29, 0.717) is 19.5 Å². The number of benzene rings is 1. The van der Waals surface area contributed by atoms with Gasteiger partial charge in [-0.25, -0.2) is 0 Å². The average molecular weight is 265 g/mol. The predicted octanol–water partition coefficient (Wildman–Crippen LogP) is 0.969. The Kier molecular flexibility index (Phi) is 7.62. The second kappa shape index (κ2) is 9.35. The van der Waals surface area contributed by atoms with Crippen molar-refractivity contribution >= 4 is 11.6 Å². The zero-order valence-electron chi connectivity index (χ0n) is 11.4. The number of hydrogen-bond acceptors (Lipinski definition) is 4. The fraction of sp³-hybridized carbons (Fsp3) is 0.500. The van der Waals surface area contributed by atoms with E-state index < -0.39 is 0 Å². The molecule has 0 aliphatic carbocycles. The van der Waals surface area contributed by atoms with Crippen LogP contribution < -0.4 is 16.4 Å². The number of ether oxygens (including phenoxy) is 1. The molecule has 1 amide bonds. The minimum absolute atomic E-state index is 0.0167. The van der Waals surface area contributed by atoms with Gasteiger partial charge in [0, 0.05) is 32.4 Å². The summed E-state index contributed by atoms with van der Waals surface area (Å²) in [7, 11) is 1.56. The van der Waals surface area contributed by atoms with Crippen LogP contribution in [0.4, 0.5) is 5.69 Å². The minimum atomic E-state index is -0.192. The van der Waals surface area contributed by atoms with Crippen LogP contribution in [0.5, 0.6) is 0 Å². The van der Waals surface area contributed by atoms with Crippen LogP contribution in [0.25, 0.3) is 0 Å². The molecule has 0 aliphatic heterocycles. The Labute approximate surface area is 114 Å². The molecule has 1 aromatic rings. The number of carbonyl (C=O) groups excluding carboxylic acids is 1. The minimum Gasteiger partial charge on any atom is -0.385 e. The number of para-hydroxylation sites is 1. The molecule has 0 aromatic heterocycles. The highest BCUT2D eigenvalue weighted by Crippen LogP contribution is 2.04. The molecule has 4 N–H and O–H groups in total. The maximum absolute atomic E-state index is 11.5. The van der Waals surface area contributed by atoms with Crippen molar-refractivity contribution in [3.05, 3.63) is 30.3 Å². The maximum Gasteiger partial charge on any atom is 0.222 e. The molecule has 1 rings (SSSR count). The molecular weight excluding hydrogens is 242 g/mol. The molecule has 0 fully saturated rings. The standard InChI is InChI=1S/C14H23N3O2/c1-19-13(11-15)10-14(18)17-9-5-8-16-12-6-3-2-4-7-12/h2-4,6-7,13,16H,5,8-11,15H2,1H3,(H,17,18). The van der Waals surface area contributed by atoms with E-state index in [1.807, 2.05) is 30.3 Å². The highest BCUT2D eigenvalue weighted by Gasteiger charge is 2.10. The second-order valence-electron chi connectivity index (χ2n) is 4.29. The number of nitrogens with two attached hydrogens (primary N) is 1. The van der Waals surface area contributed by atoms with E-state index in [1.54, 1.807) is 7.11 Å². The third-order valence-corrected chi connectivity index (χ3v) is 2.79. The van der Waals surface area contributed by atoms with Crippen molar-refractivity contribution in [1.82, 2.24) is 5.32 Å². The predicted molar refractivity (Wildman–Crippen MR) is 77.0 cm³/mol. The van der Waals surface area contributed by atoms with Crippen LogP contribution in [0, 0.1) is 0 Å². The van der Waals surface area contributed by atoms with Crippen molar-refractivity contribution in [3.63, 3.8) is 0 Å². The molecule has 0 radical (unpaired) electrons. The first-order chi connectivity index (χ1) is 9.26. The average Bonchev–Trinajstić information content (AvgIpc) is 2.45. The molecule has 5 nitrogen and oxygen atoms in total. The number of anilines is 1. The van der Waals surface area contributed by atoms with E-state index >= 15 is 0 Å². The summed E-state index contributed by atoms with van der Waals surface area (Å²) in [5.41, 5.74) is 6.55. The summed E-state index contributed by atoms with van der Waals surface area (Å²) < 4.78 is 5.06. The van der Waals surface area contributed by atoms with Gasteiger partial charge in [0.25, 0.3) is 0 Å². The normalized spacial score (nSPS) is 11.9. The fourth-order valence-corrected chi connectivity index (χ4v) is 1.65. The molecular formula is C14H23N3O2. The van der Waals surface area contributed by atoms with Crippen LogP contribution in [-0.4, -0.2) is 38.8 Å². The Morgan fingerprint density at radius 2 is 2.05 bits per heavy atom. The van der Waals surface area contributed by atoms with E-state index in [-0.39, 0.29) is 12.0 Å². The molecule has 1 atom stereocenters. The van der Waals surface area contributed by atoms with Crippen LogP contribution >= 0.6 is 0 Å². The molecule has 0 aliphatic rings. The van der Waals surface area contributed by atoms with Crippen molar-refractivity contribution in [1.29, 1.82) is 0 Å². The Bertz CT molecular complexity index is 353. The van der Waals surface area contributed by atoms with E-state index in [1.165, 1.54) is 0 Å². The molecule has 1 aromatic carbocycles. The molecule has 1 unspecified atom stereocenters. The Balaban J connectivity index is 2.06. The van der Waals surface area contributed by atoms with E-state index in [9.17, 15) is 4.79 Å².